The van der Waals surface area contributed by atoms with E-state index in [4.69, 9.17) is 11.6 Å². The lowest BCUT2D eigenvalue weighted by Crippen LogP contribution is -2.52. The Labute approximate surface area is 164 Å². The number of rotatable bonds is 3. The first-order valence-corrected chi connectivity index (χ1v) is 9.47. The maximum absolute atomic E-state index is 12.5. The number of nitrogens with one attached hydrogen (secondary N) is 1. The molecule has 0 atom stereocenters. The van der Waals surface area contributed by atoms with E-state index in [-0.39, 0.29) is 18.4 Å². The first-order valence-electron chi connectivity index (χ1n) is 9.09. The average molecular weight is 386 g/mol. The molecule has 0 aliphatic carbocycles. The highest BCUT2D eigenvalue weighted by Crippen LogP contribution is 2.19. The molecule has 3 rings (SSSR count). The van der Waals surface area contributed by atoms with Gasteiger partial charge in [-0.2, -0.15) is 0 Å². The molecule has 1 N–H and O–H groups in total. The summed E-state index contributed by atoms with van der Waals surface area (Å²) in [5.41, 5.74) is 3.87. The van der Waals surface area contributed by atoms with Gasteiger partial charge in [-0.25, -0.2) is 4.79 Å². The summed E-state index contributed by atoms with van der Waals surface area (Å²) >= 11 is 6.14. The summed E-state index contributed by atoms with van der Waals surface area (Å²) in [4.78, 5) is 28.6. The smallest absolute Gasteiger partial charge is 0.321 e. The van der Waals surface area contributed by atoms with Crippen molar-refractivity contribution in [2.45, 2.75) is 20.3 Å². The number of amides is 3. The fourth-order valence-corrected chi connectivity index (χ4v) is 3.36. The predicted octanol–water partition coefficient (Wildman–Crippen LogP) is 3.88. The Morgan fingerprint density at radius 3 is 2.33 bits per heavy atom. The number of hydrogen-bond acceptors (Lipinski definition) is 2. The number of anilines is 1. The maximum atomic E-state index is 12.5. The van der Waals surface area contributed by atoms with Gasteiger partial charge >= 0.3 is 6.03 Å². The number of piperazine rings is 1. The lowest BCUT2D eigenvalue weighted by molar-refractivity contribution is -0.131. The zero-order chi connectivity index (χ0) is 19.4. The normalized spacial score (nSPS) is 14.2. The second-order valence-corrected chi connectivity index (χ2v) is 7.22. The molecule has 6 heteroatoms. The maximum Gasteiger partial charge on any atom is 0.321 e. The molecule has 0 aromatic heterocycles. The molecule has 1 saturated heterocycles. The van der Waals surface area contributed by atoms with E-state index in [1.54, 1.807) is 15.9 Å². The van der Waals surface area contributed by atoms with Gasteiger partial charge in [0.1, 0.15) is 0 Å². The first-order chi connectivity index (χ1) is 13.0. The van der Waals surface area contributed by atoms with Crippen LogP contribution in [0.1, 0.15) is 16.7 Å². The van der Waals surface area contributed by atoms with Crippen LogP contribution in [0.4, 0.5) is 10.5 Å². The number of benzene rings is 2. The van der Waals surface area contributed by atoms with Crippen LogP contribution >= 0.6 is 11.6 Å². The van der Waals surface area contributed by atoms with Gasteiger partial charge in [0.25, 0.3) is 0 Å². The van der Waals surface area contributed by atoms with Crippen molar-refractivity contribution in [3.05, 3.63) is 64.2 Å². The molecule has 0 saturated carbocycles. The van der Waals surface area contributed by atoms with Crippen molar-refractivity contribution in [2.75, 3.05) is 31.5 Å². The Bertz CT molecular complexity index is 845. The SMILES string of the molecule is Cc1cccc(NC(=O)N2CCN(C(=O)Cc3ccccc3Cl)CC2)c1C. The van der Waals surface area contributed by atoms with E-state index in [9.17, 15) is 9.59 Å². The minimum Gasteiger partial charge on any atom is -0.339 e. The Balaban J connectivity index is 1.54. The molecule has 27 heavy (non-hydrogen) atoms. The third-order valence-corrected chi connectivity index (χ3v) is 5.43. The van der Waals surface area contributed by atoms with Crippen LogP contribution in [0.3, 0.4) is 0 Å². The lowest BCUT2D eigenvalue weighted by Gasteiger charge is -2.35. The molecule has 1 heterocycles. The molecule has 0 unspecified atom stereocenters. The van der Waals surface area contributed by atoms with Crippen LogP contribution < -0.4 is 5.32 Å². The van der Waals surface area contributed by atoms with Crippen LogP contribution in [0, 0.1) is 13.8 Å². The van der Waals surface area contributed by atoms with Crippen LogP contribution in [0.15, 0.2) is 42.5 Å². The van der Waals surface area contributed by atoms with E-state index in [1.165, 1.54) is 0 Å². The van der Waals surface area contributed by atoms with Crippen molar-refractivity contribution >= 4 is 29.2 Å². The third kappa shape index (κ3) is 4.61. The monoisotopic (exact) mass is 385 g/mol. The van der Waals surface area contributed by atoms with Gasteiger partial charge < -0.3 is 15.1 Å². The van der Waals surface area contributed by atoms with Crippen molar-refractivity contribution in [3.8, 4) is 0 Å². The average Bonchev–Trinajstić information content (AvgIpc) is 2.67. The van der Waals surface area contributed by atoms with Gasteiger partial charge in [-0.15, -0.1) is 0 Å². The minimum absolute atomic E-state index is 0.0395. The highest BCUT2D eigenvalue weighted by molar-refractivity contribution is 6.31. The molecule has 0 spiro atoms. The first kappa shape index (κ1) is 19.2. The Morgan fingerprint density at radius 2 is 1.63 bits per heavy atom. The standard InChI is InChI=1S/C21H24ClN3O2/c1-15-6-5-9-19(16(15)2)23-21(27)25-12-10-24(11-13-25)20(26)14-17-7-3-4-8-18(17)22/h3-9H,10-14H2,1-2H3,(H,23,27). The second-order valence-electron chi connectivity index (χ2n) is 6.81. The molecular weight excluding hydrogens is 362 g/mol. The number of urea groups is 1. The number of aryl methyl sites for hydroxylation is 1. The molecule has 5 nitrogen and oxygen atoms in total. The van der Waals surface area contributed by atoms with E-state index in [2.05, 4.69) is 5.32 Å². The summed E-state index contributed by atoms with van der Waals surface area (Å²) in [7, 11) is 0. The van der Waals surface area contributed by atoms with Gasteiger partial charge in [-0.05, 0) is 42.7 Å². The van der Waals surface area contributed by atoms with E-state index >= 15 is 0 Å². The van der Waals surface area contributed by atoms with Crippen LogP contribution in [0.25, 0.3) is 0 Å². The number of nitrogens with zero attached hydrogens (tertiary/aromatic N) is 2. The number of carbonyl (C=O) groups is 2. The largest absolute Gasteiger partial charge is 0.339 e. The van der Waals surface area contributed by atoms with E-state index in [1.807, 2.05) is 50.2 Å². The zero-order valence-corrected chi connectivity index (χ0v) is 16.4. The molecule has 3 amide bonds. The molecule has 2 aromatic rings. The molecule has 1 aliphatic heterocycles. The van der Waals surface area contributed by atoms with Crippen LogP contribution in [-0.4, -0.2) is 47.9 Å². The Hall–Kier alpha value is -2.53. The number of hydrogen-bond donors (Lipinski definition) is 1. The van der Waals surface area contributed by atoms with Gasteiger partial charge in [-0.1, -0.05) is 41.9 Å². The fraction of sp³-hybridized carbons (Fsp3) is 0.333. The van der Waals surface area contributed by atoms with Gasteiger partial charge in [0.05, 0.1) is 6.42 Å². The zero-order valence-electron chi connectivity index (χ0n) is 15.7. The molecule has 0 bridgehead atoms. The van der Waals surface area contributed by atoms with Crippen LogP contribution in [0.2, 0.25) is 5.02 Å². The van der Waals surface area contributed by atoms with Crippen molar-refractivity contribution in [3.63, 3.8) is 0 Å². The van der Waals surface area contributed by atoms with E-state index < -0.39 is 0 Å². The molecule has 0 radical (unpaired) electrons. The fourth-order valence-electron chi connectivity index (χ4n) is 3.16. The highest BCUT2D eigenvalue weighted by Gasteiger charge is 2.24. The number of carbonyl (C=O) groups excluding carboxylic acids is 2. The summed E-state index contributed by atoms with van der Waals surface area (Å²) in [6.07, 6.45) is 0.286. The van der Waals surface area contributed by atoms with Gasteiger partial charge in [-0.3, -0.25) is 4.79 Å². The summed E-state index contributed by atoms with van der Waals surface area (Å²) in [6, 6.07) is 13.1. The van der Waals surface area contributed by atoms with Crippen molar-refractivity contribution < 1.29 is 9.59 Å². The summed E-state index contributed by atoms with van der Waals surface area (Å²) in [5, 5.41) is 3.59. The highest BCUT2D eigenvalue weighted by atomic mass is 35.5. The van der Waals surface area contributed by atoms with Gasteiger partial charge in [0.15, 0.2) is 0 Å². The summed E-state index contributed by atoms with van der Waals surface area (Å²) in [5.74, 6) is 0.0395. The number of halogens is 1. The molecule has 142 valence electrons. The quantitative estimate of drug-likeness (QED) is 0.871. The lowest BCUT2D eigenvalue weighted by atomic mass is 10.1. The van der Waals surface area contributed by atoms with Gasteiger partial charge in [0, 0.05) is 36.9 Å². The molecule has 1 fully saturated rings. The van der Waals surface area contributed by atoms with Crippen LogP contribution in [-0.2, 0) is 11.2 Å². The molecule has 2 aromatic carbocycles. The topological polar surface area (TPSA) is 52.7 Å². The van der Waals surface area contributed by atoms with Crippen molar-refractivity contribution in [2.24, 2.45) is 0 Å². The second kappa shape index (κ2) is 8.44. The van der Waals surface area contributed by atoms with Crippen molar-refractivity contribution in [1.82, 2.24) is 9.80 Å². The Morgan fingerprint density at radius 1 is 0.963 bits per heavy atom. The van der Waals surface area contributed by atoms with Crippen molar-refractivity contribution in [1.29, 1.82) is 0 Å². The van der Waals surface area contributed by atoms with Gasteiger partial charge in [0.2, 0.25) is 5.91 Å². The minimum atomic E-state index is -0.123. The third-order valence-electron chi connectivity index (χ3n) is 5.07. The Kier molecular flexibility index (Phi) is 6.01. The van der Waals surface area contributed by atoms with E-state index in [0.29, 0.717) is 31.2 Å². The molecule has 1 aliphatic rings. The summed E-state index contributed by atoms with van der Waals surface area (Å²) < 4.78 is 0. The predicted molar refractivity (Wildman–Crippen MR) is 108 cm³/mol. The van der Waals surface area contributed by atoms with E-state index in [0.717, 1.165) is 22.4 Å². The summed E-state index contributed by atoms with van der Waals surface area (Å²) in [6.45, 7) is 6.12. The van der Waals surface area contributed by atoms with Crippen LogP contribution in [0.5, 0.6) is 0 Å². The molecular formula is C21H24ClN3O2.